The van der Waals surface area contributed by atoms with E-state index in [9.17, 15) is 23.8 Å². The predicted molar refractivity (Wildman–Crippen MR) is 218 cm³/mol. The van der Waals surface area contributed by atoms with Crippen molar-refractivity contribution in [2.24, 2.45) is 0 Å². The van der Waals surface area contributed by atoms with Gasteiger partial charge in [0.15, 0.2) is 41.5 Å². The van der Waals surface area contributed by atoms with Gasteiger partial charge in [0.2, 0.25) is 0 Å². The molecular weight excluding hydrogens is 903 g/mol. The molecular formula is C32H38N12O14P2S2. The predicted octanol–water partition coefficient (Wildman–Crippen LogP) is 2.25. The lowest BCUT2D eigenvalue weighted by Gasteiger charge is -2.27. The van der Waals surface area contributed by atoms with E-state index in [1.807, 2.05) is 0 Å². The van der Waals surface area contributed by atoms with Crippen molar-refractivity contribution in [2.45, 2.75) is 55.7 Å². The molecule has 8 rings (SSSR count). The van der Waals surface area contributed by atoms with E-state index in [1.165, 1.54) is 40.1 Å². The summed E-state index contributed by atoms with van der Waals surface area (Å²) in [6, 6.07) is 6.75. The first-order valence-corrected chi connectivity index (χ1v) is 23.7. The number of amides is 1. The van der Waals surface area contributed by atoms with Crippen molar-refractivity contribution in [3.8, 4) is 0 Å². The number of thiol groups is 2. The summed E-state index contributed by atoms with van der Waals surface area (Å²) in [7, 11) is 1.43. The molecule has 7 heterocycles. The summed E-state index contributed by atoms with van der Waals surface area (Å²) >= 11 is 8.36. The van der Waals surface area contributed by atoms with Crippen molar-refractivity contribution in [2.75, 3.05) is 50.6 Å². The van der Waals surface area contributed by atoms with E-state index in [2.05, 4.69) is 54.4 Å². The summed E-state index contributed by atoms with van der Waals surface area (Å²) in [4.78, 5) is 51.9. The minimum atomic E-state index is -4.54. The van der Waals surface area contributed by atoms with Gasteiger partial charge in [-0.3, -0.25) is 27.2 Å². The summed E-state index contributed by atoms with van der Waals surface area (Å²) in [6.45, 7) is -10.9. The van der Waals surface area contributed by atoms with Gasteiger partial charge in [-0.05, 0) is 17.7 Å². The number of imidazole rings is 2. The highest BCUT2D eigenvalue weighted by Crippen LogP contribution is 2.60. The van der Waals surface area contributed by atoms with Crippen molar-refractivity contribution >= 4 is 90.0 Å². The third kappa shape index (κ3) is 9.26. The molecule has 7 N–H and O–H groups in total. The number of hydrogen-bond acceptors (Lipinski definition) is 23. The molecule has 1 amide bonds. The Kier molecular flexibility index (Phi) is 12.5. The molecule has 62 heavy (non-hydrogen) atoms. The van der Waals surface area contributed by atoms with E-state index in [1.54, 1.807) is 24.3 Å². The molecule has 3 aliphatic heterocycles. The number of nitrogens with zero attached hydrogens (tertiary/aromatic N) is 9. The quantitative estimate of drug-likeness (QED) is 0.0562. The van der Waals surface area contributed by atoms with Gasteiger partial charge in [-0.25, -0.2) is 48.6 Å². The lowest BCUT2D eigenvalue weighted by atomic mass is 10.1. The maximum atomic E-state index is 14.0. The topological polar surface area (TPSA) is 340 Å². The molecule has 2 bridgehead atoms. The Morgan fingerprint density at radius 1 is 0.823 bits per heavy atom. The highest BCUT2D eigenvalue weighted by molar-refractivity contribution is 8.44. The maximum Gasteiger partial charge on any atom is 0.508 e. The van der Waals surface area contributed by atoms with Gasteiger partial charge in [0.1, 0.15) is 67.4 Å². The largest absolute Gasteiger partial charge is 0.508 e. The number of aliphatic hydroxyl groups excluding tert-OH is 1. The average Bonchev–Trinajstić information content (AvgIpc) is 4.01. The fourth-order valence-corrected chi connectivity index (χ4v) is 9.65. The monoisotopic (exact) mass is 940 g/mol. The fourth-order valence-electron chi connectivity index (χ4n) is 6.70. The van der Waals surface area contributed by atoms with Crippen LogP contribution in [0.15, 0.2) is 49.6 Å². The highest BCUT2D eigenvalue weighted by Gasteiger charge is 2.55. The van der Waals surface area contributed by atoms with Crippen LogP contribution in [0.2, 0.25) is 0 Å². The number of aliphatic hydroxyl groups is 1. The van der Waals surface area contributed by atoms with Crippen LogP contribution in [0.5, 0.6) is 0 Å². The van der Waals surface area contributed by atoms with Crippen LogP contribution in [0, 0.1) is 0 Å². The zero-order valence-electron chi connectivity index (χ0n) is 32.1. The Hall–Kier alpha value is -4.86. The van der Waals surface area contributed by atoms with Gasteiger partial charge in [0, 0.05) is 12.7 Å². The highest BCUT2D eigenvalue weighted by atomic mass is 32.7. The molecule has 0 radical (unpaired) electrons. The van der Waals surface area contributed by atoms with Crippen LogP contribution in [0.1, 0.15) is 18.0 Å². The van der Waals surface area contributed by atoms with E-state index in [0.717, 1.165) is 6.33 Å². The third-order valence-electron chi connectivity index (χ3n) is 9.77. The summed E-state index contributed by atoms with van der Waals surface area (Å²) in [6.07, 6.45) is -8.74. The van der Waals surface area contributed by atoms with Gasteiger partial charge in [0.05, 0.1) is 32.4 Å². The number of carbonyl (C=O) groups excluding carboxylic acids is 2. The fraction of sp³-hybridized carbons (Fsp3) is 0.438. The summed E-state index contributed by atoms with van der Waals surface area (Å²) < 4.78 is 82.5. The van der Waals surface area contributed by atoms with Gasteiger partial charge in [0.25, 0.3) is 0 Å². The second-order valence-corrected chi connectivity index (χ2v) is 19.6. The maximum absolute atomic E-state index is 14.0. The lowest BCUT2D eigenvalue weighted by Crippen LogP contribution is -2.39. The molecule has 3 fully saturated rings. The number of likely N-dealkylation sites (N-methyl/N-ethyl adjacent to an activating group) is 1. The molecule has 10 atom stereocenters. The molecule has 0 aliphatic carbocycles. The van der Waals surface area contributed by atoms with Crippen molar-refractivity contribution < 1.29 is 65.6 Å². The number of ether oxygens (including phenoxy) is 5. The van der Waals surface area contributed by atoms with Gasteiger partial charge in [-0.15, -0.1) is 0 Å². The Morgan fingerprint density at radius 3 is 2.02 bits per heavy atom. The Balaban J connectivity index is 1.02. The minimum absolute atomic E-state index is 0.0141. The summed E-state index contributed by atoms with van der Waals surface area (Å²) in [5, 5.41) is 11.4. The molecule has 0 unspecified atom stereocenters. The number of nitrogen functional groups attached to an aromatic ring is 3. The number of anilines is 3. The molecule has 30 heteroatoms. The van der Waals surface area contributed by atoms with E-state index in [0.29, 0.717) is 11.3 Å². The number of rotatable bonds is 8. The zero-order valence-corrected chi connectivity index (χ0v) is 35.7. The SMILES string of the molecule is CN(CCOC(=O)O[C@@H]1[C@@H]2O[P@](=O)(S)OC[C@H]3O[C@@H](n4cnc5c(N)ncnc54)[C@H](O[P@](=O)(S)OC[C@H]2O[C@H]1n1cnc2c(N)ncnc21)[C@@H]3O)C(=O)OCc1ccc(N)cc1. The Labute approximate surface area is 360 Å². The van der Waals surface area contributed by atoms with Crippen LogP contribution in [0.3, 0.4) is 0 Å². The first-order chi connectivity index (χ1) is 29.6. The second-order valence-electron chi connectivity index (χ2n) is 13.9. The van der Waals surface area contributed by atoms with Crippen LogP contribution < -0.4 is 17.2 Å². The Bertz CT molecular complexity index is 2560. The van der Waals surface area contributed by atoms with Gasteiger partial charge < -0.3 is 50.9 Å². The molecule has 26 nitrogen and oxygen atoms in total. The number of fused-ring (bicyclic) bond motifs is 5. The number of nitrogens with two attached hydrogens (primary N) is 3. The first kappa shape index (κ1) is 43.8. The molecule has 332 valence electrons. The van der Waals surface area contributed by atoms with Crippen LogP contribution in [0.4, 0.5) is 26.9 Å². The van der Waals surface area contributed by atoms with E-state index >= 15 is 0 Å². The second kappa shape index (κ2) is 17.7. The standard InChI is InChI=1S/C32H38N12O14P2S2/c1-42(31(46)51-8-15-2-4-16(33)5-3-15)6-7-50-32(47)56-24-22-18(55-30(24)44-14-41-20-26(35)37-12-39-28(20)44)10-53-60(49,62)58-23-21(45)17(9-52-59(48,61)57-22)54-29(23)43-13-40-19-25(34)36-11-38-27(19)43/h2-5,11-14,17-18,21-24,29-30,45H,6-10,33H2,1H3,(H,48,61)(H,49,62)(H2,34,36,38)(H2,35,37,39)/t17-,18-,21-,22-,23-,24-,29-,30-,59-,60-/m1/s1. The van der Waals surface area contributed by atoms with Crippen LogP contribution in [-0.2, 0) is 57.5 Å². The van der Waals surface area contributed by atoms with Crippen molar-refractivity contribution in [3.05, 3.63) is 55.1 Å². The lowest BCUT2D eigenvalue weighted by molar-refractivity contribution is -0.0633. The molecule has 0 spiro atoms. The van der Waals surface area contributed by atoms with Gasteiger partial charge >= 0.3 is 25.8 Å². The van der Waals surface area contributed by atoms with Gasteiger partial charge in [-0.2, -0.15) is 0 Å². The van der Waals surface area contributed by atoms with E-state index in [4.69, 9.17) is 59.0 Å². The van der Waals surface area contributed by atoms with Gasteiger partial charge in [-0.1, -0.05) is 36.6 Å². The van der Waals surface area contributed by atoms with E-state index < -0.39 is 88.1 Å². The van der Waals surface area contributed by atoms with Crippen LogP contribution in [-0.4, -0.2) is 131 Å². The van der Waals surface area contributed by atoms with Crippen molar-refractivity contribution in [3.63, 3.8) is 0 Å². The summed E-state index contributed by atoms with van der Waals surface area (Å²) in [5.74, 6) is 0.0689. The van der Waals surface area contributed by atoms with Crippen molar-refractivity contribution in [1.29, 1.82) is 0 Å². The van der Waals surface area contributed by atoms with Crippen LogP contribution in [0.25, 0.3) is 22.3 Å². The minimum Gasteiger partial charge on any atom is -0.445 e. The zero-order chi connectivity index (χ0) is 43.9. The van der Waals surface area contributed by atoms with Crippen LogP contribution >= 0.6 is 38.1 Å². The van der Waals surface area contributed by atoms with E-state index in [-0.39, 0.29) is 53.7 Å². The molecule has 4 aromatic heterocycles. The number of benzene rings is 1. The molecule has 5 aromatic rings. The smallest absolute Gasteiger partial charge is 0.445 e. The molecule has 0 saturated carbocycles. The molecule has 3 aliphatic rings. The first-order valence-electron chi connectivity index (χ1n) is 18.3. The average molecular weight is 941 g/mol. The number of hydrogen-bond donors (Lipinski definition) is 6. The normalized spacial score (nSPS) is 30.2. The summed E-state index contributed by atoms with van der Waals surface area (Å²) in [5.41, 5.74) is 19.6. The number of aromatic nitrogens is 8. The number of carbonyl (C=O) groups is 2. The Morgan fingerprint density at radius 2 is 1.39 bits per heavy atom. The molecule has 1 aromatic carbocycles. The third-order valence-corrected chi connectivity index (χ3v) is 13.0. The molecule has 3 saturated heterocycles. The van der Waals surface area contributed by atoms with Crippen molar-refractivity contribution in [1.82, 2.24) is 43.9 Å².